The van der Waals surface area contributed by atoms with Crippen LogP contribution in [0.1, 0.15) is 0 Å². The molecule has 0 amide bonds. The Morgan fingerprint density at radius 2 is 2.56 bits per heavy atom. The number of nitrogens with zero attached hydrogens (tertiary/aromatic N) is 1. The van der Waals surface area contributed by atoms with E-state index in [-0.39, 0.29) is 10.1 Å². The lowest BCUT2D eigenvalue weighted by Crippen LogP contribution is -2.20. The molecule has 0 aliphatic rings. The summed E-state index contributed by atoms with van der Waals surface area (Å²) in [5, 5.41) is 10.9. The molecule has 0 fully saturated rings. The summed E-state index contributed by atoms with van der Waals surface area (Å²) in [4.78, 5) is 10.6. The fraction of sp³-hybridized carbons (Fsp3) is 0. The second-order valence-corrected chi connectivity index (χ2v) is 2.15. The Hall–Kier alpha value is -1.10. The predicted octanol–water partition coefficient (Wildman–Crippen LogP) is -0.274. The maximum absolute atomic E-state index is 10.6. The van der Waals surface area contributed by atoms with Crippen molar-refractivity contribution in [3.63, 3.8) is 0 Å². The van der Waals surface area contributed by atoms with Crippen molar-refractivity contribution in [2.75, 3.05) is 0 Å². The van der Waals surface area contributed by atoms with Gasteiger partial charge in [0.2, 0.25) is 10.1 Å². The van der Waals surface area contributed by atoms with Crippen LogP contribution in [0.4, 0.5) is 0 Å². The topological polar surface area (TPSA) is 65.5 Å². The van der Waals surface area contributed by atoms with Crippen LogP contribution in [-0.2, 0) is 0 Å². The van der Waals surface area contributed by atoms with Gasteiger partial charge in [-0.1, -0.05) is 5.16 Å². The second-order valence-electron chi connectivity index (χ2n) is 1.32. The summed E-state index contributed by atoms with van der Waals surface area (Å²) < 4.78 is 2.71. The van der Waals surface area contributed by atoms with Crippen molar-refractivity contribution in [1.82, 2.24) is 4.37 Å². The van der Waals surface area contributed by atoms with E-state index in [9.17, 15) is 4.79 Å². The first kappa shape index (κ1) is 6.03. The van der Waals surface area contributed by atoms with Gasteiger partial charge in [0, 0.05) is 12.3 Å². The number of H-pyrrole nitrogens is 1. The Labute approximate surface area is 54.2 Å². The molecular weight excluding hydrogens is 140 g/mol. The monoisotopic (exact) mass is 144 g/mol. The third-order valence-electron chi connectivity index (χ3n) is 0.760. The molecule has 48 valence electrons. The number of nitrogens with one attached hydrogen (secondary N) is 1. The number of hydrogen-bond donors (Lipinski definition) is 2. The van der Waals surface area contributed by atoms with E-state index in [1.165, 1.54) is 12.3 Å². The Morgan fingerprint density at radius 1 is 1.78 bits per heavy atom. The molecule has 0 aliphatic carbocycles. The fourth-order valence-corrected chi connectivity index (χ4v) is 0.848. The van der Waals surface area contributed by atoms with Crippen molar-refractivity contribution < 1.29 is 5.21 Å². The highest BCUT2D eigenvalue weighted by atomic mass is 32.1. The summed E-state index contributed by atoms with van der Waals surface area (Å²) in [6.07, 6.45) is 1.49. The van der Waals surface area contributed by atoms with Gasteiger partial charge in [0.05, 0.1) is 0 Å². The smallest absolute Gasteiger partial charge is 0.220 e. The molecule has 0 saturated carbocycles. The molecule has 0 aromatic carbocycles. The van der Waals surface area contributed by atoms with Gasteiger partial charge < -0.3 is 9.58 Å². The molecular formula is C4H4N2O2S. The van der Waals surface area contributed by atoms with Gasteiger partial charge in [0.15, 0.2) is 0 Å². The minimum Gasteiger partial charge on any atom is -0.410 e. The van der Waals surface area contributed by atoms with Crippen LogP contribution < -0.4 is 10.1 Å². The molecule has 1 heterocycles. The second kappa shape index (κ2) is 2.45. The standard InChI is InChI=1S/C4H4N2O2S/c7-3-1-2-5-9-4(3)6-8/h1-2,5,8H/b6-4+. The Morgan fingerprint density at radius 3 is 3.00 bits per heavy atom. The summed E-state index contributed by atoms with van der Waals surface area (Å²) in [6.45, 7) is 0. The van der Waals surface area contributed by atoms with E-state index in [1.807, 2.05) is 0 Å². The van der Waals surface area contributed by atoms with Crippen LogP contribution in [-0.4, -0.2) is 9.58 Å². The Kier molecular flexibility index (Phi) is 1.64. The first-order valence-electron chi connectivity index (χ1n) is 2.20. The molecule has 9 heavy (non-hydrogen) atoms. The molecule has 0 spiro atoms. The molecule has 1 rings (SSSR count). The highest BCUT2D eigenvalue weighted by Crippen LogP contribution is 1.69. The first-order chi connectivity index (χ1) is 4.34. The molecule has 0 bridgehead atoms. The number of aromatic amines is 1. The quantitative estimate of drug-likeness (QED) is 0.388. The normalized spacial score (nSPS) is 11.8. The summed E-state index contributed by atoms with van der Waals surface area (Å²) in [7, 11) is 0. The molecule has 1 aromatic heterocycles. The summed E-state index contributed by atoms with van der Waals surface area (Å²) in [5.41, 5.74) is -0.277. The van der Waals surface area contributed by atoms with Crippen molar-refractivity contribution in [2.45, 2.75) is 0 Å². The maximum Gasteiger partial charge on any atom is 0.220 e. The van der Waals surface area contributed by atoms with Gasteiger partial charge in [0.1, 0.15) is 0 Å². The molecule has 0 radical (unpaired) electrons. The van der Waals surface area contributed by atoms with Crippen LogP contribution in [0.25, 0.3) is 0 Å². The van der Waals surface area contributed by atoms with Crippen molar-refractivity contribution in [3.8, 4) is 0 Å². The van der Waals surface area contributed by atoms with E-state index in [0.29, 0.717) is 0 Å². The number of hydrogen-bond acceptors (Lipinski definition) is 4. The zero-order valence-electron chi connectivity index (χ0n) is 4.37. The van der Waals surface area contributed by atoms with Gasteiger partial charge in [-0.05, 0) is 11.5 Å². The first-order valence-corrected chi connectivity index (χ1v) is 3.01. The fourth-order valence-electron chi connectivity index (χ4n) is 0.391. The summed E-state index contributed by atoms with van der Waals surface area (Å²) >= 11 is 0.985. The van der Waals surface area contributed by atoms with E-state index in [4.69, 9.17) is 5.21 Å². The van der Waals surface area contributed by atoms with Gasteiger partial charge in [-0.15, -0.1) is 0 Å². The highest BCUT2D eigenvalue weighted by molar-refractivity contribution is 7.02. The van der Waals surface area contributed by atoms with Crippen molar-refractivity contribution >= 4 is 11.5 Å². The lowest BCUT2D eigenvalue weighted by Gasteiger charge is -1.77. The maximum atomic E-state index is 10.6. The third kappa shape index (κ3) is 1.17. The largest absolute Gasteiger partial charge is 0.410 e. The van der Waals surface area contributed by atoms with Crippen molar-refractivity contribution in [1.29, 1.82) is 0 Å². The minimum atomic E-state index is -0.277. The Bertz CT molecular complexity index is 300. The highest BCUT2D eigenvalue weighted by Gasteiger charge is 1.85. The van der Waals surface area contributed by atoms with Crippen molar-refractivity contribution in [3.05, 3.63) is 27.2 Å². The molecule has 1 aromatic rings. The van der Waals surface area contributed by atoms with E-state index < -0.39 is 0 Å². The number of rotatable bonds is 0. The predicted molar refractivity (Wildman–Crippen MR) is 32.3 cm³/mol. The van der Waals surface area contributed by atoms with Crippen LogP contribution in [0.15, 0.2) is 22.2 Å². The Balaban J connectivity index is 3.53. The van der Waals surface area contributed by atoms with Crippen LogP contribution in [0, 0.1) is 0 Å². The van der Waals surface area contributed by atoms with Gasteiger partial charge in [-0.2, -0.15) is 0 Å². The molecule has 0 saturated heterocycles. The van der Waals surface area contributed by atoms with Crippen LogP contribution in [0.3, 0.4) is 0 Å². The lowest BCUT2D eigenvalue weighted by atomic mass is 10.6. The van der Waals surface area contributed by atoms with E-state index >= 15 is 0 Å². The van der Waals surface area contributed by atoms with Gasteiger partial charge in [-0.25, -0.2) is 0 Å². The van der Waals surface area contributed by atoms with E-state index in [0.717, 1.165) is 11.5 Å². The molecule has 0 aliphatic heterocycles. The van der Waals surface area contributed by atoms with Crippen LogP contribution in [0.2, 0.25) is 0 Å². The molecule has 0 unspecified atom stereocenters. The third-order valence-corrected chi connectivity index (χ3v) is 1.49. The molecule has 5 heteroatoms. The SMILES string of the molecule is O=c1cc[nH]s/c1=N/O. The van der Waals surface area contributed by atoms with Gasteiger partial charge in [0.25, 0.3) is 0 Å². The lowest BCUT2D eigenvalue weighted by molar-refractivity contribution is 0.303. The summed E-state index contributed by atoms with van der Waals surface area (Å²) in [5.74, 6) is 0. The van der Waals surface area contributed by atoms with E-state index in [1.54, 1.807) is 0 Å². The van der Waals surface area contributed by atoms with Crippen molar-refractivity contribution in [2.24, 2.45) is 5.16 Å². The zero-order chi connectivity index (χ0) is 6.69. The van der Waals surface area contributed by atoms with Gasteiger partial charge in [-0.3, -0.25) is 4.79 Å². The minimum absolute atomic E-state index is 0.0671. The van der Waals surface area contributed by atoms with Crippen LogP contribution >= 0.6 is 11.5 Å². The summed E-state index contributed by atoms with van der Waals surface area (Å²) in [6, 6.07) is 1.30. The average Bonchev–Trinajstić information content (AvgIpc) is 1.89. The van der Waals surface area contributed by atoms with Crippen LogP contribution in [0.5, 0.6) is 0 Å². The average molecular weight is 144 g/mol. The zero-order valence-corrected chi connectivity index (χ0v) is 5.18. The van der Waals surface area contributed by atoms with Gasteiger partial charge >= 0.3 is 0 Å². The number of aromatic nitrogens is 1. The molecule has 2 N–H and O–H groups in total. The molecule has 4 nitrogen and oxygen atoms in total. The van der Waals surface area contributed by atoms with E-state index in [2.05, 4.69) is 9.53 Å². The molecule has 0 atom stereocenters.